The van der Waals surface area contributed by atoms with Gasteiger partial charge in [0, 0.05) is 31.6 Å². The standard InChI is InChI=1S/C18H25FN2O/c19-17-9-5-4-8-16(17)14-20-12-11-18(22)21-13-10-15-6-2-1-3-7-15/h4-6,8-9,20H,1-3,7,10-14H2,(H,21,22). The van der Waals surface area contributed by atoms with E-state index in [1.54, 1.807) is 12.1 Å². The predicted octanol–water partition coefficient (Wildman–Crippen LogP) is 3.31. The summed E-state index contributed by atoms with van der Waals surface area (Å²) in [5.74, 6) is -0.155. The van der Waals surface area contributed by atoms with Gasteiger partial charge in [0.2, 0.25) is 5.91 Å². The summed E-state index contributed by atoms with van der Waals surface area (Å²) in [7, 11) is 0. The van der Waals surface area contributed by atoms with Crippen molar-refractivity contribution in [3.63, 3.8) is 0 Å². The highest BCUT2D eigenvalue weighted by Gasteiger charge is 2.05. The number of carbonyl (C=O) groups excluding carboxylic acids is 1. The molecule has 0 aromatic heterocycles. The Hall–Kier alpha value is -1.68. The van der Waals surface area contributed by atoms with Gasteiger partial charge in [-0.1, -0.05) is 29.8 Å². The summed E-state index contributed by atoms with van der Waals surface area (Å²) < 4.78 is 13.4. The van der Waals surface area contributed by atoms with Gasteiger partial charge in [0.15, 0.2) is 0 Å². The molecule has 0 fully saturated rings. The number of halogens is 1. The second-order valence-electron chi connectivity index (χ2n) is 5.73. The van der Waals surface area contributed by atoms with E-state index in [0.29, 0.717) is 25.1 Å². The van der Waals surface area contributed by atoms with E-state index >= 15 is 0 Å². The van der Waals surface area contributed by atoms with Crippen molar-refractivity contribution in [2.24, 2.45) is 0 Å². The zero-order valence-electron chi connectivity index (χ0n) is 13.0. The molecule has 0 radical (unpaired) electrons. The molecule has 0 saturated heterocycles. The van der Waals surface area contributed by atoms with Crippen molar-refractivity contribution >= 4 is 5.91 Å². The monoisotopic (exact) mass is 304 g/mol. The molecule has 0 spiro atoms. The maximum absolute atomic E-state index is 13.4. The summed E-state index contributed by atoms with van der Waals surface area (Å²) in [4.78, 5) is 11.7. The third-order valence-corrected chi connectivity index (χ3v) is 3.96. The second kappa shape index (κ2) is 9.36. The smallest absolute Gasteiger partial charge is 0.221 e. The van der Waals surface area contributed by atoms with Gasteiger partial charge in [-0.2, -0.15) is 0 Å². The number of carbonyl (C=O) groups is 1. The van der Waals surface area contributed by atoms with Gasteiger partial charge >= 0.3 is 0 Å². The van der Waals surface area contributed by atoms with Gasteiger partial charge in [0.05, 0.1) is 0 Å². The average Bonchev–Trinajstić information content (AvgIpc) is 2.54. The summed E-state index contributed by atoms with van der Waals surface area (Å²) in [6, 6.07) is 6.69. The Morgan fingerprint density at radius 1 is 1.18 bits per heavy atom. The molecule has 4 heteroatoms. The summed E-state index contributed by atoms with van der Waals surface area (Å²) in [5.41, 5.74) is 2.11. The van der Waals surface area contributed by atoms with E-state index in [-0.39, 0.29) is 11.7 Å². The lowest BCUT2D eigenvalue weighted by molar-refractivity contribution is -0.120. The summed E-state index contributed by atoms with van der Waals surface area (Å²) >= 11 is 0. The fourth-order valence-electron chi connectivity index (χ4n) is 2.65. The van der Waals surface area contributed by atoms with Crippen LogP contribution in [0.5, 0.6) is 0 Å². The minimum atomic E-state index is -0.208. The number of allylic oxidation sites excluding steroid dienone is 1. The molecule has 1 amide bonds. The van der Waals surface area contributed by atoms with Crippen LogP contribution in [-0.2, 0) is 11.3 Å². The molecule has 0 heterocycles. The Morgan fingerprint density at radius 2 is 2.05 bits per heavy atom. The molecular weight excluding hydrogens is 279 g/mol. The van der Waals surface area contributed by atoms with Crippen molar-refractivity contribution in [2.75, 3.05) is 13.1 Å². The lowest BCUT2D eigenvalue weighted by Crippen LogP contribution is -2.28. The van der Waals surface area contributed by atoms with Gasteiger partial charge in [-0.3, -0.25) is 4.79 Å². The van der Waals surface area contributed by atoms with E-state index in [0.717, 1.165) is 13.0 Å². The summed E-state index contributed by atoms with van der Waals surface area (Å²) in [6.07, 6.45) is 8.64. The van der Waals surface area contributed by atoms with Crippen LogP contribution in [0.15, 0.2) is 35.9 Å². The fourth-order valence-corrected chi connectivity index (χ4v) is 2.65. The molecule has 1 aliphatic rings. The number of rotatable bonds is 8. The number of amides is 1. The molecule has 120 valence electrons. The first kappa shape index (κ1) is 16.7. The van der Waals surface area contributed by atoms with Gasteiger partial charge in [-0.25, -0.2) is 4.39 Å². The van der Waals surface area contributed by atoms with Crippen LogP contribution in [0.25, 0.3) is 0 Å². The number of benzene rings is 1. The molecule has 0 aliphatic heterocycles. The molecule has 3 nitrogen and oxygen atoms in total. The van der Waals surface area contributed by atoms with E-state index in [9.17, 15) is 9.18 Å². The fraction of sp³-hybridized carbons (Fsp3) is 0.500. The van der Waals surface area contributed by atoms with Crippen LogP contribution in [0.2, 0.25) is 0 Å². The number of nitrogens with one attached hydrogen (secondary N) is 2. The Labute approximate surface area is 132 Å². The maximum Gasteiger partial charge on any atom is 0.221 e. The van der Waals surface area contributed by atoms with E-state index in [4.69, 9.17) is 0 Å². The zero-order valence-corrected chi connectivity index (χ0v) is 13.0. The molecule has 1 aromatic rings. The highest BCUT2D eigenvalue weighted by molar-refractivity contribution is 5.76. The van der Waals surface area contributed by atoms with Gasteiger partial charge in [-0.15, -0.1) is 0 Å². The first-order chi connectivity index (χ1) is 10.8. The Kier molecular flexibility index (Phi) is 7.10. The molecule has 2 N–H and O–H groups in total. The Balaban J connectivity index is 1.54. The van der Waals surface area contributed by atoms with Crippen LogP contribution in [0.3, 0.4) is 0 Å². The first-order valence-electron chi connectivity index (χ1n) is 8.14. The largest absolute Gasteiger partial charge is 0.356 e. The van der Waals surface area contributed by atoms with Crippen molar-refractivity contribution < 1.29 is 9.18 Å². The number of hydrogen-bond donors (Lipinski definition) is 2. The Bertz CT molecular complexity index is 514. The molecule has 0 unspecified atom stereocenters. The molecule has 0 bridgehead atoms. The van der Waals surface area contributed by atoms with Crippen LogP contribution in [0.4, 0.5) is 4.39 Å². The van der Waals surface area contributed by atoms with E-state index < -0.39 is 0 Å². The van der Waals surface area contributed by atoms with Crippen molar-refractivity contribution in [1.82, 2.24) is 10.6 Å². The molecule has 2 rings (SSSR count). The Morgan fingerprint density at radius 3 is 2.82 bits per heavy atom. The highest BCUT2D eigenvalue weighted by Crippen LogP contribution is 2.19. The molecule has 22 heavy (non-hydrogen) atoms. The lowest BCUT2D eigenvalue weighted by Gasteiger charge is -2.13. The molecule has 0 saturated carbocycles. The van der Waals surface area contributed by atoms with Gasteiger partial charge in [-0.05, 0) is 38.2 Å². The minimum Gasteiger partial charge on any atom is -0.356 e. The van der Waals surface area contributed by atoms with Crippen LogP contribution in [0, 0.1) is 5.82 Å². The van der Waals surface area contributed by atoms with Crippen molar-refractivity contribution in [2.45, 2.75) is 45.1 Å². The molecule has 1 aliphatic carbocycles. The van der Waals surface area contributed by atoms with E-state index in [2.05, 4.69) is 16.7 Å². The normalized spacial score (nSPS) is 14.5. The predicted molar refractivity (Wildman–Crippen MR) is 86.9 cm³/mol. The maximum atomic E-state index is 13.4. The quantitative estimate of drug-likeness (QED) is 0.571. The van der Waals surface area contributed by atoms with E-state index in [1.165, 1.54) is 37.3 Å². The third-order valence-electron chi connectivity index (χ3n) is 3.96. The van der Waals surface area contributed by atoms with Crippen LogP contribution in [-0.4, -0.2) is 19.0 Å². The SMILES string of the molecule is O=C(CCNCc1ccccc1F)NCCC1=CCCCC1. The molecule has 1 aromatic carbocycles. The summed E-state index contributed by atoms with van der Waals surface area (Å²) in [6.45, 7) is 1.73. The summed E-state index contributed by atoms with van der Waals surface area (Å²) in [5, 5.41) is 6.05. The first-order valence-corrected chi connectivity index (χ1v) is 8.14. The zero-order chi connectivity index (χ0) is 15.6. The highest BCUT2D eigenvalue weighted by atomic mass is 19.1. The van der Waals surface area contributed by atoms with Gasteiger partial charge in [0.25, 0.3) is 0 Å². The lowest BCUT2D eigenvalue weighted by atomic mass is 9.97. The van der Waals surface area contributed by atoms with Crippen molar-refractivity contribution in [3.05, 3.63) is 47.3 Å². The molecular formula is C18H25FN2O. The van der Waals surface area contributed by atoms with Crippen molar-refractivity contribution in [3.8, 4) is 0 Å². The van der Waals surface area contributed by atoms with E-state index in [1.807, 2.05) is 6.07 Å². The van der Waals surface area contributed by atoms with Crippen LogP contribution < -0.4 is 10.6 Å². The van der Waals surface area contributed by atoms with Gasteiger partial charge < -0.3 is 10.6 Å². The minimum absolute atomic E-state index is 0.0532. The molecule has 0 atom stereocenters. The van der Waals surface area contributed by atoms with Crippen molar-refractivity contribution in [1.29, 1.82) is 0 Å². The van der Waals surface area contributed by atoms with Crippen LogP contribution >= 0.6 is 0 Å². The van der Waals surface area contributed by atoms with Crippen LogP contribution in [0.1, 0.15) is 44.1 Å². The topological polar surface area (TPSA) is 41.1 Å². The number of hydrogen-bond acceptors (Lipinski definition) is 2. The second-order valence-corrected chi connectivity index (χ2v) is 5.73. The average molecular weight is 304 g/mol. The van der Waals surface area contributed by atoms with Gasteiger partial charge in [0.1, 0.15) is 5.82 Å². The third kappa shape index (κ3) is 5.98.